The lowest BCUT2D eigenvalue weighted by molar-refractivity contribution is -0.115. The van der Waals surface area contributed by atoms with E-state index in [9.17, 15) is 4.79 Å². The predicted molar refractivity (Wildman–Crippen MR) is 55.7 cm³/mol. The number of likely N-dealkylation sites (N-methyl/N-ethyl adjacent to an activating group) is 1. The predicted octanol–water partition coefficient (Wildman–Crippen LogP) is 0.294. The van der Waals surface area contributed by atoms with Gasteiger partial charge in [-0.25, -0.2) is 0 Å². The maximum atomic E-state index is 11.1. The van der Waals surface area contributed by atoms with E-state index in [1.165, 1.54) is 6.92 Å². The fourth-order valence-corrected chi connectivity index (χ4v) is 1.04. The molecule has 0 heterocycles. The first kappa shape index (κ1) is 12.9. The molecular weight excluding hydrogens is 182 g/mol. The Balaban J connectivity index is 3.68. The highest BCUT2D eigenvalue weighted by atomic mass is 16.4. The minimum absolute atomic E-state index is 0.0875. The number of nitrogens with zero attached hydrogens (tertiary/aromatic N) is 2. The van der Waals surface area contributed by atoms with Crippen molar-refractivity contribution in [2.24, 2.45) is 5.16 Å². The number of hydrogen-bond donors (Lipinski definition) is 2. The molecule has 0 spiro atoms. The summed E-state index contributed by atoms with van der Waals surface area (Å²) in [5.41, 5.74) is 0.0875. The van der Waals surface area contributed by atoms with Crippen molar-refractivity contribution < 1.29 is 10.0 Å². The summed E-state index contributed by atoms with van der Waals surface area (Å²) in [4.78, 5) is 13.3. The van der Waals surface area contributed by atoms with E-state index in [1.807, 2.05) is 0 Å². The van der Waals surface area contributed by atoms with Crippen LogP contribution in [0, 0.1) is 0 Å². The summed E-state index contributed by atoms with van der Waals surface area (Å²) in [6.07, 6.45) is 0. The quantitative estimate of drug-likeness (QED) is 0.369. The lowest BCUT2D eigenvalue weighted by atomic mass is 10.4. The Labute approximate surface area is 84.8 Å². The highest BCUT2D eigenvalue weighted by Gasteiger charge is 2.05. The summed E-state index contributed by atoms with van der Waals surface area (Å²) in [6.45, 7) is 8.95. The molecule has 0 radical (unpaired) electrons. The van der Waals surface area contributed by atoms with E-state index in [2.05, 4.69) is 29.2 Å². The van der Waals surface area contributed by atoms with Crippen molar-refractivity contribution in [3.05, 3.63) is 0 Å². The van der Waals surface area contributed by atoms with Crippen LogP contribution in [0.15, 0.2) is 5.16 Å². The van der Waals surface area contributed by atoms with Crippen molar-refractivity contribution in [1.29, 1.82) is 0 Å². The summed E-state index contributed by atoms with van der Waals surface area (Å²) in [6, 6.07) is 0. The van der Waals surface area contributed by atoms with Gasteiger partial charge in [-0.05, 0) is 20.0 Å². The van der Waals surface area contributed by atoms with E-state index in [0.29, 0.717) is 6.54 Å². The molecule has 0 aliphatic carbocycles. The molecule has 0 aromatic rings. The van der Waals surface area contributed by atoms with Crippen LogP contribution >= 0.6 is 0 Å². The fraction of sp³-hybridized carbons (Fsp3) is 0.778. The van der Waals surface area contributed by atoms with Crippen LogP contribution in [0.2, 0.25) is 0 Å². The third-order valence-corrected chi connectivity index (χ3v) is 2.09. The van der Waals surface area contributed by atoms with Gasteiger partial charge in [-0.3, -0.25) is 4.79 Å². The Morgan fingerprint density at radius 2 is 2.00 bits per heavy atom. The molecule has 0 aliphatic heterocycles. The van der Waals surface area contributed by atoms with E-state index < -0.39 is 0 Å². The van der Waals surface area contributed by atoms with Crippen molar-refractivity contribution in [3.63, 3.8) is 0 Å². The van der Waals surface area contributed by atoms with Crippen LogP contribution < -0.4 is 5.32 Å². The van der Waals surface area contributed by atoms with Gasteiger partial charge >= 0.3 is 0 Å². The molecule has 0 unspecified atom stereocenters. The third kappa shape index (κ3) is 4.81. The molecule has 14 heavy (non-hydrogen) atoms. The zero-order valence-corrected chi connectivity index (χ0v) is 9.08. The average molecular weight is 201 g/mol. The zero-order valence-electron chi connectivity index (χ0n) is 9.08. The zero-order chi connectivity index (χ0) is 11.0. The molecule has 0 aromatic heterocycles. The maximum absolute atomic E-state index is 11.1. The van der Waals surface area contributed by atoms with E-state index in [1.54, 1.807) is 0 Å². The summed E-state index contributed by atoms with van der Waals surface area (Å²) in [5.74, 6) is -0.320. The molecule has 0 rings (SSSR count). The van der Waals surface area contributed by atoms with Crippen LogP contribution in [-0.2, 0) is 4.79 Å². The molecule has 0 fully saturated rings. The van der Waals surface area contributed by atoms with Gasteiger partial charge in [-0.1, -0.05) is 19.0 Å². The van der Waals surface area contributed by atoms with Crippen LogP contribution in [0.3, 0.4) is 0 Å². The molecule has 5 heteroatoms. The number of carbonyl (C=O) groups excluding carboxylic acids is 1. The maximum Gasteiger partial charge on any atom is 0.268 e. The lowest BCUT2D eigenvalue weighted by Gasteiger charge is -2.17. The van der Waals surface area contributed by atoms with E-state index >= 15 is 0 Å². The minimum atomic E-state index is -0.320. The summed E-state index contributed by atoms with van der Waals surface area (Å²) < 4.78 is 0. The molecule has 0 atom stereocenters. The molecule has 0 saturated heterocycles. The SMILES string of the molecule is CCN(CC)CCNC(=O)/C(C)=N/O. The normalized spacial score (nSPS) is 11.9. The van der Waals surface area contributed by atoms with Crippen LogP contribution in [0.5, 0.6) is 0 Å². The van der Waals surface area contributed by atoms with Gasteiger partial charge in [0.25, 0.3) is 5.91 Å². The average Bonchev–Trinajstić information content (AvgIpc) is 2.22. The van der Waals surface area contributed by atoms with E-state index in [0.717, 1.165) is 19.6 Å². The number of nitrogens with one attached hydrogen (secondary N) is 1. The molecule has 2 N–H and O–H groups in total. The second-order valence-electron chi connectivity index (χ2n) is 2.97. The van der Waals surface area contributed by atoms with Gasteiger partial charge in [0.2, 0.25) is 0 Å². The van der Waals surface area contributed by atoms with Crippen molar-refractivity contribution >= 4 is 11.6 Å². The molecular formula is C9H19N3O2. The standard InChI is InChI=1S/C9H19N3O2/c1-4-12(5-2)7-6-10-9(13)8(3)11-14/h14H,4-7H2,1-3H3,(H,10,13)/b11-8+. The molecule has 0 aliphatic rings. The Kier molecular flexibility index (Phi) is 6.74. The van der Waals surface area contributed by atoms with Crippen LogP contribution in [-0.4, -0.2) is 47.9 Å². The fourth-order valence-electron chi connectivity index (χ4n) is 1.04. The Morgan fingerprint density at radius 3 is 2.43 bits per heavy atom. The van der Waals surface area contributed by atoms with Gasteiger partial charge in [-0.15, -0.1) is 0 Å². The highest BCUT2D eigenvalue weighted by Crippen LogP contribution is 1.84. The Bertz CT molecular complexity index is 200. The van der Waals surface area contributed by atoms with Crippen LogP contribution in [0.4, 0.5) is 0 Å². The minimum Gasteiger partial charge on any atom is -0.410 e. The Morgan fingerprint density at radius 1 is 1.43 bits per heavy atom. The van der Waals surface area contributed by atoms with Crippen molar-refractivity contribution in [3.8, 4) is 0 Å². The number of oxime groups is 1. The monoisotopic (exact) mass is 201 g/mol. The Hall–Kier alpha value is -1.10. The summed E-state index contributed by atoms with van der Waals surface area (Å²) >= 11 is 0. The van der Waals surface area contributed by atoms with Crippen LogP contribution in [0.1, 0.15) is 20.8 Å². The molecule has 0 saturated carbocycles. The number of rotatable bonds is 6. The van der Waals surface area contributed by atoms with Gasteiger partial charge in [0.15, 0.2) is 0 Å². The largest absolute Gasteiger partial charge is 0.410 e. The molecule has 82 valence electrons. The second kappa shape index (κ2) is 7.32. The molecule has 0 aromatic carbocycles. The van der Waals surface area contributed by atoms with Crippen molar-refractivity contribution in [1.82, 2.24) is 10.2 Å². The van der Waals surface area contributed by atoms with Gasteiger partial charge in [0.05, 0.1) is 0 Å². The number of carbonyl (C=O) groups is 1. The number of hydrogen-bond acceptors (Lipinski definition) is 4. The molecule has 5 nitrogen and oxygen atoms in total. The first-order chi connectivity index (χ1) is 6.65. The van der Waals surface area contributed by atoms with E-state index in [4.69, 9.17) is 5.21 Å². The van der Waals surface area contributed by atoms with Crippen molar-refractivity contribution in [2.75, 3.05) is 26.2 Å². The van der Waals surface area contributed by atoms with Gasteiger partial charge < -0.3 is 15.4 Å². The first-order valence-electron chi connectivity index (χ1n) is 4.84. The third-order valence-electron chi connectivity index (χ3n) is 2.09. The molecule has 0 bridgehead atoms. The van der Waals surface area contributed by atoms with Gasteiger partial charge in [0, 0.05) is 13.1 Å². The summed E-state index contributed by atoms with van der Waals surface area (Å²) in [7, 11) is 0. The van der Waals surface area contributed by atoms with E-state index in [-0.39, 0.29) is 11.6 Å². The molecule has 1 amide bonds. The smallest absolute Gasteiger partial charge is 0.268 e. The number of amides is 1. The highest BCUT2D eigenvalue weighted by molar-refractivity contribution is 6.37. The summed E-state index contributed by atoms with van der Waals surface area (Å²) in [5, 5.41) is 13.8. The van der Waals surface area contributed by atoms with Gasteiger partial charge in [-0.2, -0.15) is 0 Å². The van der Waals surface area contributed by atoms with Crippen molar-refractivity contribution in [2.45, 2.75) is 20.8 Å². The van der Waals surface area contributed by atoms with Gasteiger partial charge in [0.1, 0.15) is 5.71 Å². The lowest BCUT2D eigenvalue weighted by Crippen LogP contribution is -2.37. The van der Waals surface area contributed by atoms with Crippen LogP contribution in [0.25, 0.3) is 0 Å². The topological polar surface area (TPSA) is 64.9 Å². The first-order valence-corrected chi connectivity index (χ1v) is 4.84. The second-order valence-corrected chi connectivity index (χ2v) is 2.97.